The number of carbonyl (C=O) groups excluding carboxylic acids is 3. The third kappa shape index (κ3) is 16.1. The van der Waals surface area contributed by atoms with Gasteiger partial charge in [0.25, 0.3) is 0 Å². The predicted molar refractivity (Wildman–Crippen MR) is 312 cm³/mol. The minimum Gasteiger partial charge on any atom is -0.459 e. The van der Waals surface area contributed by atoms with E-state index in [1.54, 1.807) is 97.9 Å². The van der Waals surface area contributed by atoms with E-state index in [0.29, 0.717) is 46.4 Å². The molecule has 5 N–H and O–H groups in total. The molecule has 24 heteroatoms. The monoisotopic (exact) mass is 1180 g/mol. The van der Waals surface area contributed by atoms with Crippen LogP contribution in [0.3, 0.4) is 0 Å². The number of nitrogens with one attached hydrogen (secondary N) is 1. The third-order valence-corrected chi connectivity index (χ3v) is 12.1. The molecular formula is C58H44Cl3F3N12O5S. The molecule has 17 nitrogen and oxygen atoms in total. The number of rotatable bonds is 10. The van der Waals surface area contributed by atoms with Crippen LogP contribution in [-0.4, -0.2) is 75.9 Å². The van der Waals surface area contributed by atoms with Gasteiger partial charge < -0.3 is 26.3 Å². The van der Waals surface area contributed by atoms with Gasteiger partial charge in [0.15, 0.2) is 5.65 Å². The lowest BCUT2D eigenvalue weighted by atomic mass is 10.0. The van der Waals surface area contributed by atoms with Gasteiger partial charge in [-0.3, -0.25) is 24.7 Å². The van der Waals surface area contributed by atoms with Gasteiger partial charge in [-0.05, 0) is 129 Å². The summed E-state index contributed by atoms with van der Waals surface area (Å²) in [4.78, 5) is 61.8. The summed E-state index contributed by atoms with van der Waals surface area (Å²) in [7, 11) is 0. The molecule has 0 aliphatic rings. The van der Waals surface area contributed by atoms with E-state index in [0.717, 1.165) is 44.5 Å². The van der Waals surface area contributed by atoms with E-state index in [1.807, 2.05) is 66.0 Å². The fraction of sp³-hybridized carbons (Fsp3) is 0.0862. The van der Waals surface area contributed by atoms with Gasteiger partial charge in [0.05, 0.1) is 62.8 Å². The van der Waals surface area contributed by atoms with Gasteiger partial charge in [-0.25, -0.2) is 32.3 Å². The van der Waals surface area contributed by atoms with Crippen molar-refractivity contribution in [2.75, 3.05) is 24.7 Å². The number of amides is 2. The van der Waals surface area contributed by atoms with Gasteiger partial charge in [0, 0.05) is 87.3 Å². The minimum absolute atomic E-state index is 0.0184. The molecule has 7 heterocycles. The number of aliphatic imine (C=N–C) groups is 1. The van der Waals surface area contributed by atoms with Crippen LogP contribution in [0.25, 0.3) is 72.8 Å². The summed E-state index contributed by atoms with van der Waals surface area (Å²) < 4.78 is 50.8. The number of pyridine rings is 6. The summed E-state index contributed by atoms with van der Waals surface area (Å²) in [6, 6.07) is 35.6. The zero-order valence-corrected chi connectivity index (χ0v) is 46.2. The molecule has 0 radical (unpaired) electrons. The van der Waals surface area contributed by atoms with Crippen LogP contribution in [0, 0.1) is 17.5 Å². The van der Waals surface area contributed by atoms with Crippen molar-refractivity contribution in [3.63, 3.8) is 0 Å². The van der Waals surface area contributed by atoms with Crippen molar-refractivity contribution < 1.29 is 37.0 Å². The Morgan fingerprint density at radius 1 is 0.610 bits per heavy atom. The number of hydrogen-bond acceptors (Lipinski definition) is 15. The van der Waals surface area contributed by atoms with Crippen LogP contribution in [0.2, 0.25) is 15.1 Å². The number of esters is 1. The lowest BCUT2D eigenvalue weighted by Gasteiger charge is -2.10. The number of ether oxygens (including phenoxy) is 2. The minimum atomic E-state index is -0.929. The maximum atomic E-state index is 13.5. The quantitative estimate of drug-likeness (QED) is 0.0499. The molecule has 10 aromatic rings. The highest BCUT2D eigenvalue weighted by Gasteiger charge is 2.17. The number of fused-ring (bicyclic) bond motifs is 1. The van der Waals surface area contributed by atoms with Gasteiger partial charge >= 0.3 is 18.0 Å². The molecule has 10 rings (SSSR count). The zero-order valence-electron chi connectivity index (χ0n) is 43.1. The fourth-order valence-electron chi connectivity index (χ4n) is 7.48. The molecule has 82 heavy (non-hydrogen) atoms. The lowest BCUT2D eigenvalue weighted by molar-refractivity contribution is -0.154. The number of aromatic nitrogens is 8. The summed E-state index contributed by atoms with van der Waals surface area (Å²) >= 11 is 21.8. The Bertz CT molecular complexity index is 3950. The normalized spacial score (nSPS) is 10.3. The SMILES string of the molecule is CCOC(=O)C(=O)NCc1ccc(-c2cccnc2-c2ccc(F)c(Cl)c2)cn1.CCOC(=O)N=C=S.Nc1ccc(-c2cccnc2-c2ccc(F)c(Cl)c2)cn1.Nc1nc2ccc(-c3cccnc3-c3ccc(F)c(Cl)c3)cn2n1. The van der Waals surface area contributed by atoms with Gasteiger partial charge in [-0.2, -0.15) is 4.98 Å². The molecule has 0 fully saturated rings. The fourth-order valence-corrected chi connectivity index (χ4v) is 8.10. The van der Waals surface area contributed by atoms with Crippen LogP contribution in [0.15, 0.2) is 170 Å². The number of nitrogen functional groups attached to an aromatic ring is 2. The van der Waals surface area contributed by atoms with E-state index in [1.165, 1.54) is 24.3 Å². The van der Waals surface area contributed by atoms with Crippen LogP contribution in [0.4, 0.5) is 29.7 Å². The highest BCUT2D eigenvalue weighted by Crippen LogP contribution is 2.35. The van der Waals surface area contributed by atoms with Gasteiger partial charge in [0.1, 0.15) is 23.3 Å². The summed E-state index contributed by atoms with van der Waals surface area (Å²) in [5.41, 5.74) is 21.8. The van der Waals surface area contributed by atoms with E-state index in [9.17, 15) is 27.6 Å². The van der Waals surface area contributed by atoms with Crippen molar-refractivity contribution in [2.45, 2.75) is 20.4 Å². The van der Waals surface area contributed by atoms with Crippen molar-refractivity contribution in [3.05, 3.63) is 203 Å². The molecule has 3 aromatic carbocycles. The lowest BCUT2D eigenvalue weighted by Crippen LogP contribution is -2.32. The van der Waals surface area contributed by atoms with Gasteiger partial charge in [0.2, 0.25) is 5.95 Å². The summed E-state index contributed by atoms with van der Waals surface area (Å²) in [5.74, 6) is -2.49. The summed E-state index contributed by atoms with van der Waals surface area (Å²) in [6.07, 6.45) is 9.47. The molecule has 0 aliphatic heterocycles. The Morgan fingerprint density at radius 2 is 1.07 bits per heavy atom. The Hall–Kier alpha value is -9.50. The van der Waals surface area contributed by atoms with E-state index in [-0.39, 0.29) is 34.2 Å². The Labute approximate surface area is 486 Å². The predicted octanol–water partition coefficient (Wildman–Crippen LogP) is 13.0. The highest BCUT2D eigenvalue weighted by molar-refractivity contribution is 7.78. The second-order valence-corrected chi connectivity index (χ2v) is 18.0. The second kappa shape index (κ2) is 29.1. The first-order chi connectivity index (χ1) is 39.6. The number of halogens is 6. The first kappa shape index (κ1) is 60.1. The van der Waals surface area contributed by atoms with Crippen LogP contribution in [0.1, 0.15) is 19.5 Å². The van der Waals surface area contributed by atoms with Crippen molar-refractivity contribution in [1.29, 1.82) is 0 Å². The zero-order chi connectivity index (χ0) is 58.7. The van der Waals surface area contributed by atoms with Gasteiger partial charge in [-0.1, -0.05) is 59.1 Å². The molecule has 0 spiro atoms. The number of thiocarbonyl (C=S) groups is 1. The molecule has 0 unspecified atom stereocenters. The number of isothiocyanates is 1. The Balaban J connectivity index is 0.000000167. The topological polar surface area (TPSA) is 241 Å². The van der Waals surface area contributed by atoms with Crippen molar-refractivity contribution >= 4 is 87.6 Å². The maximum Gasteiger partial charge on any atom is 0.442 e. The maximum absolute atomic E-state index is 13.5. The number of anilines is 2. The largest absolute Gasteiger partial charge is 0.459 e. The van der Waals surface area contributed by atoms with Crippen LogP contribution < -0.4 is 16.8 Å². The number of benzene rings is 3. The van der Waals surface area contributed by atoms with E-state index < -0.39 is 35.4 Å². The second-order valence-electron chi connectivity index (χ2n) is 16.6. The van der Waals surface area contributed by atoms with Gasteiger partial charge in [-0.15, -0.1) is 10.1 Å². The van der Waals surface area contributed by atoms with Crippen LogP contribution in [0.5, 0.6) is 0 Å². The molecule has 0 atom stereocenters. The molecule has 0 saturated heterocycles. The molecule has 414 valence electrons. The molecular weight excluding hydrogens is 1140 g/mol. The smallest absolute Gasteiger partial charge is 0.442 e. The molecule has 7 aromatic heterocycles. The highest BCUT2D eigenvalue weighted by atomic mass is 35.5. The average molecular weight is 1180 g/mol. The van der Waals surface area contributed by atoms with Crippen molar-refractivity contribution in [2.24, 2.45) is 4.99 Å². The first-order valence-electron chi connectivity index (χ1n) is 24.3. The van der Waals surface area contributed by atoms with E-state index >= 15 is 0 Å². The van der Waals surface area contributed by atoms with Crippen LogP contribution >= 0.6 is 47.0 Å². The Kier molecular flexibility index (Phi) is 21.3. The third-order valence-electron chi connectivity index (χ3n) is 11.2. The molecule has 0 aliphatic carbocycles. The number of nitrogens with zero attached hydrogens (tertiary/aromatic N) is 9. The Morgan fingerprint density at radius 3 is 1.51 bits per heavy atom. The number of nitrogens with two attached hydrogens (primary N) is 2. The standard InChI is InChI=1S/C21H17ClFN3O3.C17H11ClFN5.C16H11ClFN3.C4H5NO2S/c1-2-29-21(28)20(27)26-12-15-7-5-14(11-25-15)16-4-3-9-24-19(16)13-6-8-18(23)17(22)10-13;18-13-8-10(3-5-14(13)19)16-12(2-1-7-21-16)11-4-6-15-22-17(20)23-24(15)9-11;17-13-8-10(3-5-14(13)18)16-12(2-1-7-20-16)11-4-6-15(19)21-9-11;1-2-7-4(6)5-3-8/h3-11H,2,12H2,1H3,(H,26,27);1-9H,(H2,20,23);1-9H,(H2,19,21);2H2,1H3. The molecule has 2 amide bonds. The summed E-state index contributed by atoms with van der Waals surface area (Å²) in [5, 5.41) is 8.61. The number of hydrogen-bond donors (Lipinski definition) is 3. The van der Waals surface area contributed by atoms with E-state index in [2.05, 4.69) is 67.0 Å². The molecule has 0 saturated carbocycles. The van der Waals surface area contributed by atoms with Crippen molar-refractivity contribution in [3.8, 4) is 67.2 Å². The first-order valence-corrected chi connectivity index (χ1v) is 25.8. The van der Waals surface area contributed by atoms with Crippen LogP contribution in [-0.2, 0) is 25.6 Å². The summed E-state index contributed by atoms with van der Waals surface area (Å²) in [6.45, 7) is 3.85. The van der Waals surface area contributed by atoms with Crippen molar-refractivity contribution in [1.82, 2.24) is 44.8 Å². The van der Waals surface area contributed by atoms with E-state index in [4.69, 9.17) is 46.3 Å². The molecule has 0 bridgehead atoms. The number of carbonyl (C=O) groups is 3. The average Bonchev–Trinajstić information content (AvgIpc) is 3.93.